The van der Waals surface area contributed by atoms with Gasteiger partial charge in [0, 0.05) is 6.08 Å². The Morgan fingerprint density at radius 2 is 2.00 bits per heavy atom. The SMILES string of the molecule is C/C=C/C(=O)O.C=C. The van der Waals surface area contributed by atoms with Gasteiger partial charge >= 0.3 is 5.97 Å². The lowest BCUT2D eigenvalue weighted by Gasteiger charge is -1.68. The van der Waals surface area contributed by atoms with E-state index in [4.69, 9.17) is 5.11 Å². The van der Waals surface area contributed by atoms with Gasteiger partial charge in [0.2, 0.25) is 0 Å². The number of carbonyl (C=O) groups is 1. The van der Waals surface area contributed by atoms with Crippen molar-refractivity contribution in [2.24, 2.45) is 0 Å². The van der Waals surface area contributed by atoms with Crippen LogP contribution in [0.25, 0.3) is 0 Å². The summed E-state index contributed by atoms with van der Waals surface area (Å²) in [5.41, 5.74) is 0. The van der Waals surface area contributed by atoms with E-state index in [2.05, 4.69) is 13.2 Å². The Kier molecular flexibility index (Phi) is 11.7. The first-order valence-electron chi connectivity index (χ1n) is 2.13. The van der Waals surface area contributed by atoms with E-state index in [9.17, 15) is 4.79 Å². The maximum Gasteiger partial charge on any atom is 0.327 e. The van der Waals surface area contributed by atoms with Crippen molar-refractivity contribution in [3.8, 4) is 0 Å². The first-order chi connectivity index (χ1) is 3.77. The van der Waals surface area contributed by atoms with Crippen molar-refractivity contribution in [3.63, 3.8) is 0 Å². The van der Waals surface area contributed by atoms with Crippen LogP contribution in [0.4, 0.5) is 0 Å². The van der Waals surface area contributed by atoms with E-state index in [1.807, 2.05) is 0 Å². The molecule has 1 N–H and O–H groups in total. The summed E-state index contributed by atoms with van der Waals surface area (Å²) in [5.74, 6) is -0.891. The molecule has 0 heterocycles. The van der Waals surface area contributed by atoms with Gasteiger partial charge in [0.1, 0.15) is 0 Å². The summed E-state index contributed by atoms with van der Waals surface area (Å²) in [7, 11) is 0. The molecule has 0 rings (SSSR count). The minimum absolute atomic E-state index is 0.891. The summed E-state index contributed by atoms with van der Waals surface area (Å²) in [6.45, 7) is 7.66. The van der Waals surface area contributed by atoms with E-state index >= 15 is 0 Å². The molecule has 0 aromatic rings. The first kappa shape index (κ1) is 10.0. The summed E-state index contributed by atoms with van der Waals surface area (Å²) >= 11 is 0. The number of hydrogen-bond acceptors (Lipinski definition) is 1. The molecule has 0 atom stereocenters. The van der Waals surface area contributed by atoms with Gasteiger partial charge in [-0.1, -0.05) is 6.08 Å². The fourth-order valence-corrected chi connectivity index (χ4v) is 0.143. The van der Waals surface area contributed by atoms with Crippen LogP contribution in [0.2, 0.25) is 0 Å². The number of aliphatic carboxylic acids is 1. The zero-order valence-corrected chi connectivity index (χ0v) is 4.92. The topological polar surface area (TPSA) is 37.3 Å². The summed E-state index contributed by atoms with van der Waals surface area (Å²) < 4.78 is 0. The predicted octanol–water partition coefficient (Wildman–Crippen LogP) is 1.45. The van der Waals surface area contributed by atoms with E-state index in [0.717, 1.165) is 6.08 Å². The van der Waals surface area contributed by atoms with E-state index in [1.54, 1.807) is 6.92 Å². The van der Waals surface area contributed by atoms with Gasteiger partial charge < -0.3 is 5.11 Å². The second-order valence-corrected chi connectivity index (χ2v) is 0.838. The van der Waals surface area contributed by atoms with Gasteiger partial charge in [-0.05, 0) is 6.92 Å². The van der Waals surface area contributed by atoms with Gasteiger partial charge in [-0.25, -0.2) is 4.79 Å². The Morgan fingerprint density at radius 1 is 1.62 bits per heavy atom. The number of carboxylic acids is 1. The molecule has 8 heavy (non-hydrogen) atoms. The van der Waals surface area contributed by atoms with Crippen LogP contribution in [0.1, 0.15) is 6.92 Å². The number of hydrogen-bond donors (Lipinski definition) is 1. The predicted molar refractivity (Wildman–Crippen MR) is 33.7 cm³/mol. The van der Waals surface area contributed by atoms with Crippen LogP contribution in [0.15, 0.2) is 25.3 Å². The summed E-state index contributed by atoms with van der Waals surface area (Å²) in [4.78, 5) is 9.51. The van der Waals surface area contributed by atoms with Gasteiger partial charge in [-0.2, -0.15) is 0 Å². The van der Waals surface area contributed by atoms with Crippen molar-refractivity contribution < 1.29 is 9.90 Å². The molecule has 0 unspecified atom stereocenters. The van der Waals surface area contributed by atoms with Crippen molar-refractivity contribution >= 4 is 5.97 Å². The van der Waals surface area contributed by atoms with Gasteiger partial charge in [-0.15, -0.1) is 13.2 Å². The van der Waals surface area contributed by atoms with E-state index < -0.39 is 5.97 Å². The van der Waals surface area contributed by atoms with Crippen molar-refractivity contribution in [1.29, 1.82) is 0 Å². The van der Waals surface area contributed by atoms with E-state index in [0.29, 0.717) is 0 Å². The van der Waals surface area contributed by atoms with Crippen molar-refractivity contribution in [2.75, 3.05) is 0 Å². The van der Waals surface area contributed by atoms with E-state index in [1.165, 1.54) is 6.08 Å². The normalized spacial score (nSPS) is 7.62. The average Bonchev–Trinajstić information content (AvgIpc) is 1.72. The fraction of sp³-hybridized carbons (Fsp3) is 0.167. The van der Waals surface area contributed by atoms with Crippen LogP contribution >= 0.6 is 0 Å². The lowest BCUT2D eigenvalue weighted by molar-refractivity contribution is -0.131. The Morgan fingerprint density at radius 3 is 2.00 bits per heavy atom. The Bertz CT molecular complexity index is 84.5. The third kappa shape index (κ3) is 20.3. The highest BCUT2D eigenvalue weighted by atomic mass is 16.4. The molecule has 0 amide bonds. The molecule has 0 spiro atoms. The molecule has 0 aliphatic heterocycles. The third-order valence-corrected chi connectivity index (χ3v) is 0.309. The van der Waals surface area contributed by atoms with Crippen molar-refractivity contribution in [1.82, 2.24) is 0 Å². The molecule has 0 fully saturated rings. The lowest BCUT2D eigenvalue weighted by Crippen LogP contribution is -1.83. The molecule has 0 aliphatic rings. The van der Waals surface area contributed by atoms with Crippen LogP contribution in [-0.2, 0) is 4.79 Å². The maximum absolute atomic E-state index is 9.51. The van der Waals surface area contributed by atoms with Crippen LogP contribution in [-0.4, -0.2) is 11.1 Å². The van der Waals surface area contributed by atoms with Gasteiger partial charge in [0.25, 0.3) is 0 Å². The summed E-state index contributed by atoms with van der Waals surface area (Å²) in [6, 6.07) is 0. The number of carboxylic acid groups (broad SMARTS) is 1. The molecule has 0 bridgehead atoms. The summed E-state index contributed by atoms with van der Waals surface area (Å²) in [5, 5.41) is 7.83. The highest BCUT2D eigenvalue weighted by molar-refractivity contribution is 5.79. The lowest BCUT2D eigenvalue weighted by atomic mass is 10.5. The second kappa shape index (κ2) is 9.34. The van der Waals surface area contributed by atoms with Crippen LogP contribution in [0.5, 0.6) is 0 Å². The minimum Gasteiger partial charge on any atom is -0.478 e. The van der Waals surface area contributed by atoms with Crippen molar-refractivity contribution in [3.05, 3.63) is 25.3 Å². The maximum atomic E-state index is 9.51. The standard InChI is InChI=1S/C4H6O2.C2H4/c1-2-3-4(5)6;1-2/h2-3H,1H3,(H,5,6);1-2H2/b3-2+;. The molecule has 0 saturated heterocycles. The third-order valence-electron chi connectivity index (χ3n) is 0.309. The minimum atomic E-state index is -0.891. The molecule has 0 aliphatic carbocycles. The zero-order valence-electron chi connectivity index (χ0n) is 4.92. The molecule has 0 aromatic heterocycles. The first-order valence-corrected chi connectivity index (χ1v) is 2.13. The van der Waals surface area contributed by atoms with Crippen LogP contribution in [0, 0.1) is 0 Å². The molecule has 2 heteroatoms. The number of allylic oxidation sites excluding steroid dienone is 1. The Hall–Kier alpha value is -1.05. The molecule has 2 nitrogen and oxygen atoms in total. The molecule has 46 valence electrons. The quantitative estimate of drug-likeness (QED) is 0.413. The fourth-order valence-electron chi connectivity index (χ4n) is 0.143. The molecular weight excluding hydrogens is 104 g/mol. The molecule has 0 aromatic carbocycles. The van der Waals surface area contributed by atoms with Gasteiger partial charge in [0.15, 0.2) is 0 Å². The van der Waals surface area contributed by atoms with Crippen LogP contribution < -0.4 is 0 Å². The Labute approximate surface area is 49.1 Å². The molecule has 0 saturated carbocycles. The van der Waals surface area contributed by atoms with Gasteiger partial charge in [0.05, 0.1) is 0 Å². The van der Waals surface area contributed by atoms with Crippen LogP contribution in [0.3, 0.4) is 0 Å². The van der Waals surface area contributed by atoms with Gasteiger partial charge in [-0.3, -0.25) is 0 Å². The smallest absolute Gasteiger partial charge is 0.327 e. The number of rotatable bonds is 1. The largest absolute Gasteiger partial charge is 0.478 e. The monoisotopic (exact) mass is 114 g/mol. The second-order valence-electron chi connectivity index (χ2n) is 0.838. The highest BCUT2D eigenvalue weighted by Gasteiger charge is 1.76. The zero-order chi connectivity index (χ0) is 6.99. The highest BCUT2D eigenvalue weighted by Crippen LogP contribution is 1.65. The summed E-state index contributed by atoms with van der Waals surface area (Å²) in [6.07, 6.45) is 2.56. The average molecular weight is 114 g/mol. The van der Waals surface area contributed by atoms with E-state index in [-0.39, 0.29) is 0 Å². The molecular formula is C6H10O2. The van der Waals surface area contributed by atoms with Crippen molar-refractivity contribution in [2.45, 2.75) is 6.92 Å². The molecule has 0 radical (unpaired) electrons. The Balaban J connectivity index is 0.